The van der Waals surface area contributed by atoms with Gasteiger partial charge in [0.05, 0.1) is 0 Å². The lowest BCUT2D eigenvalue weighted by Crippen LogP contribution is -2.43. The van der Waals surface area contributed by atoms with Gasteiger partial charge in [0.15, 0.2) is 0 Å². The van der Waals surface area contributed by atoms with Crippen molar-refractivity contribution in [3.63, 3.8) is 0 Å². The molecule has 1 amide bonds. The Hall–Kier alpha value is -1.81. The minimum atomic E-state index is -0.00680. The van der Waals surface area contributed by atoms with Crippen LogP contribution in [0, 0.1) is 19.8 Å². The highest BCUT2D eigenvalue weighted by Crippen LogP contribution is 2.22. The van der Waals surface area contributed by atoms with Gasteiger partial charge in [-0.3, -0.25) is 4.79 Å². The van der Waals surface area contributed by atoms with Gasteiger partial charge in [-0.05, 0) is 57.6 Å². The SMILES string of the molecule is Cc1[nH]c2ccc(C(=O)NC[C@H](C(C)C)N(C)C)cc2c1C. The highest BCUT2D eigenvalue weighted by Gasteiger charge is 2.17. The fourth-order valence-electron chi connectivity index (χ4n) is 2.92. The fourth-order valence-corrected chi connectivity index (χ4v) is 2.92. The van der Waals surface area contributed by atoms with Crippen molar-refractivity contribution in [2.45, 2.75) is 33.7 Å². The van der Waals surface area contributed by atoms with Gasteiger partial charge in [-0.1, -0.05) is 13.8 Å². The van der Waals surface area contributed by atoms with Crippen molar-refractivity contribution in [1.29, 1.82) is 0 Å². The lowest BCUT2D eigenvalue weighted by atomic mass is 10.0. The molecule has 0 unspecified atom stereocenters. The van der Waals surface area contributed by atoms with Crippen molar-refractivity contribution in [3.8, 4) is 0 Å². The Labute approximate surface area is 132 Å². The van der Waals surface area contributed by atoms with E-state index in [1.54, 1.807) is 0 Å². The largest absolute Gasteiger partial charge is 0.358 e. The van der Waals surface area contributed by atoms with Gasteiger partial charge in [-0.25, -0.2) is 0 Å². The van der Waals surface area contributed by atoms with E-state index in [2.05, 4.69) is 57.0 Å². The van der Waals surface area contributed by atoms with Gasteiger partial charge in [0, 0.05) is 34.7 Å². The summed E-state index contributed by atoms with van der Waals surface area (Å²) in [7, 11) is 4.10. The van der Waals surface area contributed by atoms with Crippen LogP contribution in [0.25, 0.3) is 10.9 Å². The number of carbonyl (C=O) groups excluding carboxylic acids is 1. The Kier molecular flexibility index (Phi) is 4.91. The molecule has 0 bridgehead atoms. The number of amides is 1. The summed E-state index contributed by atoms with van der Waals surface area (Å²) in [6.45, 7) is 9.15. The molecule has 1 aromatic carbocycles. The first-order valence-electron chi connectivity index (χ1n) is 7.84. The number of likely N-dealkylation sites (N-methyl/N-ethyl adjacent to an activating group) is 1. The Balaban J connectivity index is 2.14. The number of H-pyrrole nitrogens is 1. The lowest BCUT2D eigenvalue weighted by molar-refractivity contribution is 0.0935. The Morgan fingerprint density at radius 1 is 1.27 bits per heavy atom. The molecule has 4 nitrogen and oxygen atoms in total. The Morgan fingerprint density at radius 3 is 2.55 bits per heavy atom. The first-order chi connectivity index (χ1) is 10.3. The summed E-state index contributed by atoms with van der Waals surface area (Å²) in [5.41, 5.74) is 4.16. The monoisotopic (exact) mass is 301 g/mol. The second-order valence-electron chi connectivity index (χ2n) is 6.62. The topological polar surface area (TPSA) is 48.1 Å². The number of hydrogen-bond donors (Lipinski definition) is 2. The second-order valence-corrected chi connectivity index (χ2v) is 6.62. The van der Waals surface area contributed by atoms with E-state index in [4.69, 9.17) is 0 Å². The molecule has 0 aliphatic rings. The van der Waals surface area contributed by atoms with Crippen LogP contribution in [0.4, 0.5) is 0 Å². The number of nitrogens with zero attached hydrogens (tertiary/aromatic N) is 1. The fraction of sp³-hybridized carbons (Fsp3) is 0.500. The molecule has 0 saturated heterocycles. The summed E-state index contributed by atoms with van der Waals surface area (Å²) in [4.78, 5) is 17.9. The van der Waals surface area contributed by atoms with Gasteiger partial charge in [-0.15, -0.1) is 0 Å². The third-order valence-electron chi connectivity index (χ3n) is 4.48. The molecule has 2 rings (SSSR count). The van der Waals surface area contributed by atoms with Crippen LogP contribution in [0.2, 0.25) is 0 Å². The van der Waals surface area contributed by atoms with Crippen LogP contribution in [0.5, 0.6) is 0 Å². The van der Waals surface area contributed by atoms with Gasteiger partial charge in [0.1, 0.15) is 0 Å². The highest BCUT2D eigenvalue weighted by atomic mass is 16.1. The van der Waals surface area contributed by atoms with E-state index in [0.29, 0.717) is 18.5 Å². The molecular formula is C18H27N3O. The minimum Gasteiger partial charge on any atom is -0.358 e. The van der Waals surface area contributed by atoms with Gasteiger partial charge in [-0.2, -0.15) is 0 Å². The maximum atomic E-state index is 12.4. The molecule has 120 valence electrons. The van der Waals surface area contributed by atoms with Crippen molar-refractivity contribution in [3.05, 3.63) is 35.0 Å². The van der Waals surface area contributed by atoms with Crippen LogP contribution >= 0.6 is 0 Å². The van der Waals surface area contributed by atoms with Crippen LogP contribution in [-0.4, -0.2) is 42.5 Å². The summed E-state index contributed by atoms with van der Waals surface area (Å²) >= 11 is 0. The normalized spacial score (nSPS) is 13.1. The van der Waals surface area contributed by atoms with Gasteiger partial charge >= 0.3 is 0 Å². The van der Waals surface area contributed by atoms with E-state index >= 15 is 0 Å². The molecule has 1 heterocycles. The van der Waals surface area contributed by atoms with Crippen LogP contribution in [-0.2, 0) is 0 Å². The minimum absolute atomic E-state index is 0.00680. The zero-order valence-corrected chi connectivity index (χ0v) is 14.4. The predicted molar refractivity (Wildman–Crippen MR) is 92.4 cm³/mol. The van der Waals surface area contributed by atoms with E-state index < -0.39 is 0 Å². The van der Waals surface area contributed by atoms with E-state index in [-0.39, 0.29) is 5.91 Å². The zero-order chi connectivity index (χ0) is 16.4. The van der Waals surface area contributed by atoms with Gasteiger partial charge in [0.25, 0.3) is 5.91 Å². The summed E-state index contributed by atoms with van der Waals surface area (Å²) in [5.74, 6) is 0.486. The van der Waals surface area contributed by atoms with Crippen LogP contribution in [0.1, 0.15) is 35.5 Å². The van der Waals surface area contributed by atoms with E-state index in [9.17, 15) is 4.79 Å². The first-order valence-corrected chi connectivity index (χ1v) is 7.84. The van der Waals surface area contributed by atoms with Crippen molar-refractivity contribution in [2.75, 3.05) is 20.6 Å². The number of hydrogen-bond acceptors (Lipinski definition) is 2. The maximum absolute atomic E-state index is 12.4. The highest BCUT2D eigenvalue weighted by molar-refractivity contribution is 5.99. The molecule has 0 saturated carbocycles. The number of benzene rings is 1. The van der Waals surface area contributed by atoms with Crippen molar-refractivity contribution < 1.29 is 4.79 Å². The first kappa shape index (κ1) is 16.6. The lowest BCUT2D eigenvalue weighted by Gasteiger charge is -2.28. The molecule has 2 N–H and O–H groups in total. The molecule has 0 radical (unpaired) electrons. The molecule has 22 heavy (non-hydrogen) atoms. The average molecular weight is 301 g/mol. The van der Waals surface area contributed by atoms with E-state index in [1.165, 1.54) is 5.56 Å². The molecule has 0 spiro atoms. The number of aromatic amines is 1. The second kappa shape index (κ2) is 6.53. The molecule has 0 aliphatic carbocycles. The van der Waals surface area contributed by atoms with Crippen LogP contribution < -0.4 is 5.32 Å². The number of carbonyl (C=O) groups is 1. The maximum Gasteiger partial charge on any atom is 0.251 e. The Bertz CT molecular complexity index is 662. The van der Waals surface area contributed by atoms with Crippen molar-refractivity contribution >= 4 is 16.8 Å². The predicted octanol–water partition coefficient (Wildman–Crippen LogP) is 3.10. The number of aryl methyl sites for hydroxylation is 2. The van der Waals surface area contributed by atoms with E-state index in [0.717, 1.165) is 22.2 Å². The summed E-state index contributed by atoms with van der Waals surface area (Å²) in [6, 6.07) is 6.18. The molecule has 4 heteroatoms. The summed E-state index contributed by atoms with van der Waals surface area (Å²) < 4.78 is 0. The standard InChI is InChI=1S/C18H27N3O/c1-11(2)17(21(5)6)10-19-18(22)14-7-8-16-15(9-14)12(3)13(4)20-16/h7-9,11,17,20H,10H2,1-6H3,(H,19,22)/t17-/m1/s1. The number of rotatable bonds is 5. The molecule has 0 fully saturated rings. The number of aromatic nitrogens is 1. The number of nitrogens with one attached hydrogen (secondary N) is 2. The third-order valence-corrected chi connectivity index (χ3v) is 4.48. The Morgan fingerprint density at radius 2 is 1.95 bits per heavy atom. The third kappa shape index (κ3) is 3.33. The molecule has 1 atom stereocenters. The number of fused-ring (bicyclic) bond motifs is 1. The average Bonchev–Trinajstić information content (AvgIpc) is 2.73. The molecule has 1 aromatic heterocycles. The van der Waals surface area contributed by atoms with Crippen LogP contribution in [0.15, 0.2) is 18.2 Å². The van der Waals surface area contributed by atoms with Crippen LogP contribution in [0.3, 0.4) is 0 Å². The van der Waals surface area contributed by atoms with E-state index in [1.807, 2.05) is 18.2 Å². The molecule has 0 aliphatic heterocycles. The van der Waals surface area contributed by atoms with Crippen molar-refractivity contribution in [2.24, 2.45) is 5.92 Å². The zero-order valence-electron chi connectivity index (χ0n) is 14.4. The van der Waals surface area contributed by atoms with Gasteiger partial charge < -0.3 is 15.2 Å². The molecule has 2 aromatic rings. The van der Waals surface area contributed by atoms with Gasteiger partial charge in [0.2, 0.25) is 0 Å². The smallest absolute Gasteiger partial charge is 0.251 e. The van der Waals surface area contributed by atoms with Crippen molar-refractivity contribution in [1.82, 2.24) is 15.2 Å². The summed E-state index contributed by atoms with van der Waals surface area (Å²) in [5, 5.41) is 4.19. The summed E-state index contributed by atoms with van der Waals surface area (Å²) in [6.07, 6.45) is 0. The molecular weight excluding hydrogens is 274 g/mol. The quantitative estimate of drug-likeness (QED) is 0.891.